The summed E-state index contributed by atoms with van der Waals surface area (Å²) in [5.74, 6) is 0.557. The summed E-state index contributed by atoms with van der Waals surface area (Å²) in [6.45, 7) is 3.84. The molecule has 0 saturated heterocycles. The fourth-order valence-electron chi connectivity index (χ4n) is 3.25. The molecule has 1 atom stereocenters. The summed E-state index contributed by atoms with van der Waals surface area (Å²) in [5.41, 5.74) is 0.525. The van der Waals surface area contributed by atoms with Gasteiger partial charge in [-0.15, -0.1) is 10.2 Å². The molecule has 24 heavy (non-hydrogen) atoms. The van der Waals surface area contributed by atoms with Crippen LogP contribution in [-0.4, -0.2) is 25.8 Å². The Morgan fingerprint density at radius 1 is 1.21 bits per heavy atom. The Morgan fingerprint density at radius 3 is 2.54 bits per heavy atom. The summed E-state index contributed by atoms with van der Waals surface area (Å²) in [6.07, 6.45) is 6.05. The van der Waals surface area contributed by atoms with Gasteiger partial charge in [0.25, 0.3) is 0 Å². The number of carbonyl (C=O) groups excluding carboxylic acids is 1. The predicted molar refractivity (Wildman–Crippen MR) is 92.9 cm³/mol. The fraction of sp³-hybridized carbons (Fsp3) is 0.500. The summed E-state index contributed by atoms with van der Waals surface area (Å²) in [7, 11) is 0. The molecule has 3 rings (SSSR count). The van der Waals surface area contributed by atoms with E-state index in [-0.39, 0.29) is 16.9 Å². The van der Waals surface area contributed by atoms with Crippen molar-refractivity contribution in [2.75, 3.05) is 0 Å². The van der Waals surface area contributed by atoms with Gasteiger partial charge in [0.2, 0.25) is 0 Å². The molecule has 1 aliphatic carbocycles. The molecule has 0 N–H and O–H groups in total. The van der Waals surface area contributed by atoms with E-state index >= 15 is 0 Å². The van der Waals surface area contributed by atoms with Crippen LogP contribution in [0.15, 0.2) is 29.4 Å². The molecule has 0 aliphatic heterocycles. The number of hydrogen-bond acceptors (Lipinski definition) is 4. The SMILES string of the molecule is Cc1nnc(S[C@@H](C)C(=O)c2ccc(F)cc2)n1C1CCCCC1. The minimum Gasteiger partial charge on any atom is -0.303 e. The van der Waals surface area contributed by atoms with Crippen molar-refractivity contribution in [3.8, 4) is 0 Å². The van der Waals surface area contributed by atoms with E-state index in [4.69, 9.17) is 0 Å². The molecule has 0 unspecified atom stereocenters. The number of benzene rings is 1. The number of thioether (sulfide) groups is 1. The van der Waals surface area contributed by atoms with Crippen LogP contribution in [0.5, 0.6) is 0 Å². The largest absolute Gasteiger partial charge is 0.303 e. The van der Waals surface area contributed by atoms with Gasteiger partial charge in [-0.3, -0.25) is 4.79 Å². The molecule has 1 aromatic carbocycles. The van der Waals surface area contributed by atoms with Crippen LogP contribution >= 0.6 is 11.8 Å². The highest BCUT2D eigenvalue weighted by molar-refractivity contribution is 8.00. The Hall–Kier alpha value is -1.69. The molecule has 1 fully saturated rings. The zero-order chi connectivity index (χ0) is 17.1. The highest BCUT2D eigenvalue weighted by atomic mass is 32.2. The Morgan fingerprint density at radius 2 is 1.88 bits per heavy atom. The molecule has 0 radical (unpaired) electrons. The molecule has 0 amide bonds. The van der Waals surface area contributed by atoms with Crippen molar-refractivity contribution in [1.29, 1.82) is 0 Å². The van der Waals surface area contributed by atoms with E-state index in [9.17, 15) is 9.18 Å². The molecule has 128 valence electrons. The van der Waals surface area contributed by atoms with Crippen LogP contribution in [0.1, 0.15) is 61.3 Å². The van der Waals surface area contributed by atoms with Gasteiger partial charge in [0.05, 0.1) is 5.25 Å². The van der Waals surface area contributed by atoms with E-state index < -0.39 is 0 Å². The molecular weight excluding hydrogens is 325 g/mol. The number of ketones is 1. The quantitative estimate of drug-likeness (QED) is 0.586. The average Bonchev–Trinajstić information content (AvgIpc) is 2.96. The lowest BCUT2D eigenvalue weighted by molar-refractivity contribution is 0.0993. The number of carbonyl (C=O) groups is 1. The number of Topliss-reactive ketones (excluding diaryl/α,β-unsaturated/α-hetero) is 1. The van der Waals surface area contributed by atoms with E-state index in [1.54, 1.807) is 0 Å². The van der Waals surface area contributed by atoms with Crippen molar-refractivity contribution in [2.45, 2.75) is 62.4 Å². The molecule has 0 spiro atoms. The van der Waals surface area contributed by atoms with Crippen LogP contribution in [0.3, 0.4) is 0 Å². The third-order valence-corrected chi connectivity index (χ3v) is 5.61. The van der Waals surface area contributed by atoms with E-state index in [0.717, 1.165) is 23.8 Å². The van der Waals surface area contributed by atoms with Crippen molar-refractivity contribution in [1.82, 2.24) is 14.8 Å². The van der Waals surface area contributed by atoms with Crippen molar-refractivity contribution < 1.29 is 9.18 Å². The lowest BCUT2D eigenvalue weighted by Crippen LogP contribution is -2.18. The molecule has 1 aliphatic rings. The minimum absolute atomic E-state index is 0.0177. The van der Waals surface area contributed by atoms with Crippen LogP contribution in [0.4, 0.5) is 4.39 Å². The second kappa shape index (κ2) is 7.47. The standard InChI is InChI=1S/C18H22FN3OS/c1-12(17(23)14-8-10-15(19)11-9-14)24-18-21-20-13(2)22(18)16-6-4-3-5-7-16/h8-12,16H,3-7H2,1-2H3/t12-/m0/s1. The monoisotopic (exact) mass is 347 g/mol. The highest BCUT2D eigenvalue weighted by Gasteiger charge is 2.25. The zero-order valence-corrected chi connectivity index (χ0v) is 14.9. The third kappa shape index (κ3) is 3.69. The van der Waals surface area contributed by atoms with Crippen molar-refractivity contribution in [3.63, 3.8) is 0 Å². The van der Waals surface area contributed by atoms with Crippen molar-refractivity contribution in [2.24, 2.45) is 0 Å². The first-order valence-corrected chi connectivity index (χ1v) is 9.32. The lowest BCUT2D eigenvalue weighted by Gasteiger charge is -2.25. The van der Waals surface area contributed by atoms with E-state index in [1.807, 2.05) is 13.8 Å². The summed E-state index contributed by atoms with van der Waals surface area (Å²) in [5, 5.41) is 9.02. The average molecular weight is 347 g/mol. The van der Waals surface area contributed by atoms with Gasteiger partial charge in [0.1, 0.15) is 11.6 Å². The van der Waals surface area contributed by atoms with Gasteiger partial charge >= 0.3 is 0 Å². The number of aryl methyl sites for hydroxylation is 1. The van der Waals surface area contributed by atoms with Crippen molar-refractivity contribution in [3.05, 3.63) is 41.5 Å². The normalized spacial score (nSPS) is 17.0. The first-order valence-electron chi connectivity index (χ1n) is 8.44. The molecule has 2 aromatic rings. The number of nitrogens with zero attached hydrogens (tertiary/aromatic N) is 3. The van der Waals surface area contributed by atoms with Gasteiger partial charge in [0.15, 0.2) is 10.9 Å². The Bertz CT molecular complexity index is 708. The Kier molecular flexibility index (Phi) is 5.33. The molecule has 1 heterocycles. The van der Waals surface area contributed by atoms with Crippen LogP contribution in [0, 0.1) is 12.7 Å². The second-order valence-electron chi connectivity index (χ2n) is 6.32. The molecule has 6 heteroatoms. The summed E-state index contributed by atoms with van der Waals surface area (Å²) in [6, 6.07) is 6.14. The van der Waals surface area contributed by atoms with Gasteiger partial charge in [-0.1, -0.05) is 31.0 Å². The molecule has 1 saturated carbocycles. The molecule has 1 aromatic heterocycles. The van der Waals surface area contributed by atoms with Crippen LogP contribution in [-0.2, 0) is 0 Å². The molecule has 0 bridgehead atoms. The third-order valence-electron chi connectivity index (χ3n) is 4.55. The second-order valence-corrected chi connectivity index (χ2v) is 7.63. The lowest BCUT2D eigenvalue weighted by atomic mass is 9.95. The fourth-order valence-corrected chi connectivity index (χ4v) is 4.29. The number of aromatic nitrogens is 3. The Labute approximate surface area is 145 Å². The number of hydrogen-bond donors (Lipinski definition) is 0. The Balaban J connectivity index is 1.75. The summed E-state index contributed by atoms with van der Waals surface area (Å²) >= 11 is 1.44. The van der Waals surface area contributed by atoms with Gasteiger partial charge in [0, 0.05) is 11.6 Å². The van der Waals surface area contributed by atoms with Gasteiger partial charge < -0.3 is 4.57 Å². The first-order chi connectivity index (χ1) is 11.6. The van der Waals surface area contributed by atoms with Crippen molar-refractivity contribution >= 4 is 17.5 Å². The van der Waals surface area contributed by atoms with E-state index in [2.05, 4.69) is 14.8 Å². The number of halogens is 1. The highest BCUT2D eigenvalue weighted by Crippen LogP contribution is 2.34. The predicted octanol–water partition coefficient (Wildman–Crippen LogP) is 4.59. The number of rotatable bonds is 5. The van der Waals surface area contributed by atoms with Gasteiger partial charge in [-0.05, 0) is 51.0 Å². The molecule has 4 nitrogen and oxygen atoms in total. The summed E-state index contributed by atoms with van der Waals surface area (Å²) in [4.78, 5) is 12.6. The summed E-state index contributed by atoms with van der Waals surface area (Å²) < 4.78 is 15.2. The van der Waals surface area contributed by atoms with E-state index in [0.29, 0.717) is 11.6 Å². The molecular formula is C18H22FN3OS. The smallest absolute Gasteiger partial charge is 0.192 e. The maximum Gasteiger partial charge on any atom is 0.192 e. The topological polar surface area (TPSA) is 47.8 Å². The van der Waals surface area contributed by atoms with Crippen LogP contribution in [0.2, 0.25) is 0 Å². The zero-order valence-electron chi connectivity index (χ0n) is 14.0. The maximum absolute atomic E-state index is 13.0. The minimum atomic E-state index is -0.334. The first kappa shape index (κ1) is 17.1. The van der Waals surface area contributed by atoms with Gasteiger partial charge in [-0.2, -0.15) is 0 Å². The van der Waals surface area contributed by atoms with Crippen LogP contribution < -0.4 is 0 Å². The van der Waals surface area contributed by atoms with Crippen LogP contribution in [0.25, 0.3) is 0 Å². The maximum atomic E-state index is 13.0. The van der Waals surface area contributed by atoms with Gasteiger partial charge in [-0.25, -0.2) is 4.39 Å². The van der Waals surface area contributed by atoms with E-state index in [1.165, 1.54) is 55.3 Å².